The number of rotatable bonds is 7. The van der Waals surface area contributed by atoms with Crippen LogP contribution in [0.2, 0.25) is 0 Å². The van der Waals surface area contributed by atoms with Crippen LogP contribution in [0.3, 0.4) is 0 Å². The van der Waals surface area contributed by atoms with Gasteiger partial charge in [-0.1, -0.05) is 19.9 Å². The van der Waals surface area contributed by atoms with Gasteiger partial charge in [-0.05, 0) is 50.0 Å². The molecular weight excluding hydrogens is 373 g/mol. The van der Waals surface area contributed by atoms with Gasteiger partial charge in [0.05, 0.1) is 18.5 Å². The van der Waals surface area contributed by atoms with Crippen molar-refractivity contribution in [3.63, 3.8) is 0 Å². The Balaban J connectivity index is 1.64. The number of hydrogen-bond donors (Lipinski definition) is 1. The molecule has 1 aromatic carbocycles. The van der Waals surface area contributed by atoms with Crippen molar-refractivity contribution in [3.05, 3.63) is 23.5 Å². The molecule has 4 rings (SSSR count). The normalized spacial score (nSPS) is 20.3. The Morgan fingerprint density at radius 1 is 1.34 bits per heavy atom. The van der Waals surface area contributed by atoms with Crippen LogP contribution in [0.4, 0.5) is 10.3 Å². The maximum atomic E-state index is 15.3. The minimum absolute atomic E-state index is 0.0800. The number of halogens is 1. The number of benzene rings is 1. The average Bonchev–Trinajstić information content (AvgIpc) is 3.03. The molecule has 0 unspecified atom stereocenters. The predicted octanol–water partition coefficient (Wildman–Crippen LogP) is 4.38. The third kappa shape index (κ3) is 3.87. The molecule has 2 fully saturated rings. The third-order valence-electron chi connectivity index (χ3n) is 6.35. The molecule has 1 N–H and O–H groups in total. The number of carbonyl (C=O) groups is 2. The van der Waals surface area contributed by atoms with Gasteiger partial charge in [0, 0.05) is 18.0 Å². The first-order valence-corrected chi connectivity index (χ1v) is 10.4. The summed E-state index contributed by atoms with van der Waals surface area (Å²) in [7, 11) is 0. The molecule has 2 aliphatic rings. The zero-order valence-electron chi connectivity index (χ0n) is 17.3. The number of nitrogens with zero attached hydrogens (tertiary/aromatic N) is 2. The number of hydrogen-bond acceptors (Lipinski definition) is 4. The minimum atomic E-state index is -0.459. The monoisotopic (exact) mass is 401 g/mol. The van der Waals surface area contributed by atoms with Crippen LogP contribution < -0.4 is 5.32 Å². The molecule has 7 heteroatoms. The topological polar surface area (TPSA) is 73.2 Å². The van der Waals surface area contributed by atoms with Gasteiger partial charge in [0.25, 0.3) is 0 Å². The summed E-state index contributed by atoms with van der Waals surface area (Å²) in [5.41, 5.74) is 1.36. The van der Waals surface area contributed by atoms with Gasteiger partial charge in [-0.15, -0.1) is 0 Å². The van der Waals surface area contributed by atoms with Crippen LogP contribution in [0.5, 0.6) is 0 Å². The quantitative estimate of drug-likeness (QED) is 0.699. The van der Waals surface area contributed by atoms with Gasteiger partial charge in [-0.25, -0.2) is 9.37 Å². The van der Waals surface area contributed by atoms with Gasteiger partial charge in [-0.2, -0.15) is 0 Å². The summed E-state index contributed by atoms with van der Waals surface area (Å²) in [4.78, 5) is 28.9. The van der Waals surface area contributed by atoms with Gasteiger partial charge in [-0.3, -0.25) is 14.9 Å². The Bertz CT molecular complexity index is 962. The highest BCUT2D eigenvalue weighted by atomic mass is 19.1. The zero-order valence-corrected chi connectivity index (χ0v) is 17.3. The maximum absolute atomic E-state index is 15.3. The number of ether oxygens (including phenoxy) is 1. The van der Waals surface area contributed by atoms with Gasteiger partial charge in [0.15, 0.2) is 5.82 Å². The van der Waals surface area contributed by atoms with Crippen LogP contribution in [-0.2, 0) is 20.7 Å². The van der Waals surface area contributed by atoms with Crippen LogP contribution in [0.25, 0.3) is 11.0 Å². The van der Waals surface area contributed by atoms with Crippen molar-refractivity contribution in [1.29, 1.82) is 0 Å². The van der Waals surface area contributed by atoms with E-state index in [1.165, 1.54) is 0 Å². The number of amides is 1. The molecule has 0 saturated heterocycles. The van der Waals surface area contributed by atoms with Crippen molar-refractivity contribution in [2.45, 2.75) is 65.3 Å². The summed E-state index contributed by atoms with van der Waals surface area (Å²) in [6, 6.07) is 3.40. The summed E-state index contributed by atoms with van der Waals surface area (Å²) in [5.74, 6) is -0.208. The fraction of sp³-hybridized carbons (Fsp3) is 0.591. The molecule has 6 nitrogen and oxygen atoms in total. The van der Waals surface area contributed by atoms with E-state index in [0.717, 1.165) is 25.7 Å². The van der Waals surface area contributed by atoms with Crippen molar-refractivity contribution in [3.8, 4) is 0 Å². The zero-order chi connectivity index (χ0) is 20.8. The van der Waals surface area contributed by atoms with E-state index < -0.39 is 11.8 Å². The smallest absolute Gasteiger partial charge is 0.310 e. The molecule has 156 valence electrons. The van der Waals surface area contributed by atoms with Crippen LogP contribution in [0.1, 0.15) is 64.5 Å². The first-order valence-electron chi connectivity index (χ1n) is 10.4. The maximum Gasteiger partial charge on any atom is 0.310 e. The van der Waals surface area contributed by atoms with E-state index in [9.17, 15) is 9.59 Å². The molecule has 1 amide bonds. The second-order valence-electron chi connectivity index (χ2n) is 8.92. The standard InChI is InChI=1S/C22H28FN3O3/c1-4-29-18(28)10-13-8-9-16-20(19(13)23)26(15-6-5-7-15)21(24-16)25-17(27)11-14-12-22(14,2)3/h8-9,14-15H,4-7,10-12H2,1-3H3,(H,24,25,27)/t14-/m0/s1. The molecular formula is C22H28FN3O3. The van der Waals surface area contributed by atoms with Crippen LogP contribution >= 0.6 is 0 Å². The number of imidazole rings is 1. The van der Waals surface area contributed by atoms with Crippen LogP contribution in [0, 0.1) is 17.2 Å². The Morgan fingerprint density at radius 2 is 2.07 bits per heavy atom. The van der Waals surface area contributed by atoms with Crippen molar-refractivity contribution in [1.82, 2.24) is 9.55 Å². The van der Waals surface area contributed by atoms with Crippen LogP contribution in [-0.4, -0.2) is 28.0 Å². The van der Waals surface area contributed by atoms with Gasteiger partial charge in [0.2, 0.25) is 11.9 Å². The number of carbonyl (C=O) groups excluding carboxylic acids is 2. The van der Waals surface area contributed by atoms with E-state index in [-0.39, 0.29) is 36.0 Å². The highest BCUT2D eigenvalue weighted by Crippen LogP contribution is 2.53. The Labute approximate surface area is 169 Å². The molecule has 2 aromatic rings. The third-order valence-corrected chi connectivity index (χ3v) is 6.35. The van der Waals surface area contributed by atoms with E-state index in [0.29, 0.717) is 29.3 Å². The summed E-state index contributed by atoms with van der Waals surface area (Å²) in [6.45, 7) is 6.31. The largest absolute Gasteiger partial charge is 0.466 e. The fourth-order valence-corrected chi connectivity index (χ4v) is 4.11. The summed E-state index contributed by atoms with van der Waals surface area (Å²) in [6.07, 6.45) is 4.29. The molecule has 1 heterocycles. The average molecular weight is 401 g/mol. The Morgan fingerprint density at radius 3 is 2.66 bits per heavy atom. The van der Waals surface area contributed by atoms with E-state index in [4.69, 9.17) is 4.74 Å². The first-order chi connectivity index (χ1) is 13.8. The molecule has 1 atom stereocenters. The van der Waals surface area contributed by atoms with Crippen LogP contribution in [0.15, 0.2) is 12.1 Å². The van der Waals surface area contributed by atoms with Gasteiger partial charge in [0.1, 0.15) is 5.52 Å². The van der Waals surface area contributed by atoms with Crippen molar-refractivity contribution >= 4 is 28.9 Å². The van der Waals surface area contributed by atoms with E-state index in [1.54, 1.807) is 19.1 Å². The van der Waals surface area contributed by atoms with E-state index >= 15 is 4.39 Å². The lowest BCUT2D eigenvalue weighted by Gasteiger charge is -2.29. The summed E-state index contributed by atoms with van der Waals surface area (Å²) >= 11 is 0. The second-order valence-corrected chi connectivity index (χ2v) is 8.92. The summed E-state index contributed by atoms with van der Waals surface area (Å²) in [5, 5.41) is 2.92. The lowest BCUT2D eigenvalue weighted by atomic mass is 9.92. The molecule has 0 spiro atoms. The molecule has 2 aliphatic carbocycles. The number of fused-ring (bicyclic) bond motifs is 1. The molecule has 0 radical (unpaired) electrons. The minimum Gasteiger partial charge on any atom is -0.466 e. The fourth-order valence-electron chi connectivity index (χ4n) is 4.11. The molecule has 2 saturated carbocycles. The Kier molecular flexibility index (Phi) is 5.09. The molecule has 29 heavy (non-hydrogen) atoms. The van der Waals surface area contributed by atoms with E-state index in [1.807, 2.05) is 4.57 Å². The van der Waals surface area contributed by atoms with E-state index in [2.05, 4.69) is 24.1 Å². The molecule has 1 aromatic heterocycles. The highest BCUT2D eigenvalue weighted by molar-refractivity contribution is 5.92. The highest BCUT2D eigenvalue weighted by Gasteiger charge is 2.46. The second kappa shape index (κ2) is 7.43. The molecule has 0 bridgehead atoms. The predicted molar refractivity (Wildman–Crippen MR) is 108 cm³/mol. The van der Waals surface area contributed by atoms with Crippen molar-refractivity contribution < 1.29 is 18.7 Å². The Hall–Kier alpha value is -2.44. The van der Waals surface area contributed by atoms with Gasteiger partial charge < -0.3 is 9.30 Å². The number of anilines is 1. The first kappa shape index (κ1) is 19.9. The number of nitrogens with one attached hydrogen (secondary N) is 1. The lowest BCUT2D eigenvalue weighted by molar-refractivity contribution is -0.142. The number of aromatic nitrogens is 2. The molecule has 0 aliphatic heterocycles. The summed E-state index contributed by atoms with van der Waals surface area (Å²) < 4.78 is 22.1. The number of esters is 1. The van der Waals surface area contributed by atoms with Crippen molar-refractivity contribution in [2.24, 2.45) is 11.3 Å². The lowest BCUT2D eigenvalue weighted by Crippen LogP contribution is -2.23. The van der Waals surface area contributed by atoms with Gasteiger partial charge >= 0.3 is 5.97 Å². The SMILES string of the molecule is CCOC(=O)Cc1ccc2nc(NC(=O)C[C@H]3CC3(C)C)n(C3CCC3)c2c1F. The van der Waals surface area contributed by atoms with Crippen molar-refractivity contribution in [2.75, 3.05) is 11.9 Å².